The Kier molecular flexibility index (Phi) is 1.93. The lowest BCUT2D eigenvalue weighted by molar-refractivity contribution is 0.0753. The molecule has 2 rings (SSSR count). The third-order valence-electron chi connectivity index (χ3n) is 1.99. The van der Waals surface area contributed by atoms with Gasteiger partial charge in [0, 0.05) is 13.1 Å². The first-order valence-corrected chi connectivity index (χ1v) is 3.98. The third kappa shape index (κ3) is 1.50. The van der Waals surface area contributed by atoms with Gasteiger partial charge in [-0.1, -0.05) is 0 Å². The van der Waals surface area contributed by atoms with Crippen molar-refractivity contribution >= 4 is 5.91 Å². The van der Waals surface area contributed by atoms with E-state index in [1.165, 1.54) is 4.90 Å². The van der Waals surface area contributed by atoms with Gasteiger partial charge in [0.15, 0.2) is 0 Å². The van der Waals surface area contributed by atoms with Crippen LogP contribution in [-0.4, -0.2) is 55.7 Å². The summed E-state index contributed by atoms with van der Waals surface area (Å²) in [6, 6.07) is 0. The predicted molar refractivity (Wildman–Crippen MR) is 40.7 cm³/mol. The van der Waals surface area contributed by atoms with Crippen molar-refractivity contribution in [3.63, 3.8) is 0 Å². The fourth-order valence-corrected chi connectivity index (χ4v) is 1.32. The summed E-state index contributed by atoms with van der Waals surface area (Å²) in [6.07, 6.45) is 0.194. The first kappa shape index (κ1) is 8.11. The number of aliphatic hydroxyl groups is 1. The van der Waals surface area contributed by atoms with Gasteiger partial charge in [-0.05, 0) is 11.6 Å². The van der Waals surface area contributed by atoms with E-state index in [0.29, 0.717) is 19.5 Å². The molecule has 0 aliphatic carbocycles. The number of nitrogens with zero attached hydrogens (tertiary/aromatic N) is 4. The number of β-amino-alcohol motifs (C(OH)–C–C–N with tert-alkyl or cyclic N) is 1. The number of tetrazole rings is 1. The van der Waals surface area contributed by atoms with Crippen LogP contribution < -0.4 is 0 Å². The zero-order valence-electron chi connectivity index (χ0n) is 6.84. The molecule has 2 N–H and O–H groups in total. The number of H-pyrrole nitrogens is 1. The Balaban J connectivity index is 2.06. The van der Waals surface area contributed by atoms with E-state index < -0.39 is 6.10 Å². The minimum atomic E-state index is -0.421. The van der Waals surface area contributed by atoms with Crippen LogP contribution in [0.3, 0.4) is 0 Å². The fraction of sp³-hybridized carbons (Fsp3) is 0.667. The maximum Gasteiger partial charge on any atom is 0.295 e. The van der Waals surface area contributed by atoms with E-state index in [2.05, 4.69) is 20.6 Å². The lowest BCUT2D eigenvalue weighted by Gasteiger charge is -2.11. The number of hydrogen-bond acceptors (Lipinski definition) is 5. The van der Waals surface area contributed by atoms with Crippen LogP contribution in [0.4, 0.5) is 0 Å². The van der Waals surface area contributed by atoms with Crippen LogP contribution in [0.2, 0.25) is 0 Å². The number of nitrogens with one attached hydrogen (secondary N) is 1. The summed E-state index contributed by atoms with van der Waals surface area (Å²) in [5, 5.41) is 21.8. The number of amides is 1. The van der Waals surface area contributed by atoms with Gasteiger partial charge in [0.05, 0.1) is 6.10 Å². The molecule has 70 valence electrons. The van der Waals surface area contributed by atoms with Crippen molar-refractivity contribution in [2.45, 2.75) is 12.5 Å². The van der Waals surface area contributed by atoms with Crippen molar-refractivity contribution < 1.29 is 9.90 Å². The van der Waals surface area contributed by atoms with E-state index in [9.17, 15) is 9.90 Å². The average molecular weight is 183 g/mol. The minimum Gasteiger partial charge on any atom is -0.391 e. The molecule has 1 aliphatic rings. The number of rotatable bonds is 1. The molecule has 13 heavy (non-hydrogen) atoms. The number of aromatic nitrogens is 4. The number of carbonyl (C=O) groups excluding carboxylic acids is 1. The third-order valence-corrected chi connectivity index (χ3v) is 1.99. The fourth-order valence-electron chi connectivity index (χ4n) is 1.32. The van der Waals surface area contributed by atoms with Crippen molar-refractivity contribution in [1.29, 1.82) is 0 Å². The molecular formula is C6H9N5O2. The lowest BCUT2D eigenvalue weighted by atomic mass is 10.3. The highest BCUT2D eigenvalue weighted by molar-refractivity contribution is 5.90. The summed E-state index contributed by atoms with van der Waals surface area (Å²) < 4.78 is 0. The molecule has 2 heterocycles. The minimum absolute atomic E-state index is 0.0501. The Morgan fingerprint density at radius 1 is 1.69 bits per heavy atom. The normalized spacial score (nSPS) is 22.2. The number of carbonyl (C=O) groups is 1. The first-order chi connectivity index (χ1) is 6.27. The average Bonchev–Trinajstić information content (AvgIpc) is 2.72. The van der Waals surface area contributed by atoms with Crippen molar-refractivity contribution in [2.75, 3.05) is 13.1 Å². The molecule has 1 aromatic heterocycles. The van der Waals surface area contributed by atoms with Gasteiger partial charge in [-0.3, -0.25) is 4.79 Å². The van der Waals surface area contributed by atoms with E-state index in [0.717, 1.165) is 0 Å². The molecule has 7 nitrogen and oxygen atoms in total. The zero-order chi connectivity index (χ0) is 9.26. The summed E-state index contributed by atoms with van der Waals surface area (Å²) in [5.41, 5.74) is 0. The van der Waals surface area contributed by atoms with Crippen molar-refractivity contribution in [3.05, 3.63) is 5.82 Å². The smallest absolute Gasteiger partial charge is 0.295 e. The molecule has 0 aromatic carbocycles. The number of likely N-dealkylation sites (tertiary alicyclic amines) is 1. The molecule has 0 radical (unpaired) electrons. The Hall–Kier alpha value is -1.50. The van der Waals surface area contributed by atoms with Crippen molar-refractivity contribution in [1.82, 2.24) is 25.5 Å². The Bertz CT molecular complexity index is 298. The number of aromatic amines is 1. The summed E-state index contributed by atoms with van der Waals surface area (Å²) >= 11 is 0. The molecule has 1 fully saturated rings. The molecule has 1 unspecified atom stereocenters. The maximum absolute atomic E-state index is 11.5. The summed E-state index contributed by atoms with van der Waals surface area (Å²) in [5.74, 6) is -0.237. The van der Waals surface area contributed by atoms with Crippen LogP contribution in [-0.2, 0) is 0 Å². The van der Waals surface area contributed by atoms with Gasteiger partial charge in [-0.2, -0.15) is 5.21 Å². The summed E-state index contributed by atoms with van der Waals surface area (Å²) in [7, 11) is 0. The second-order valence-electron chi connectivity index (χ2n) is 2.93. The van der Waals surface area contributed by atoms with Crippen LogP contribution in [0.25, 0.3) is 0 Å². The van der Waals surface area contributed by atoms with Crippen molar-refractivity contribution in [2.24, 2.45) is 0 Å². The zero-order valence-corrected chi connectivity index (χ0v) is 6.84. The highest BCUT2D eigenvalue weighted by atomic mass is 16.3. The van der Waals surface area contributed by atoms with E-state index in [1.54, 1.807) is 0 Å². The maximum atomic E-state index is 11.5. The highest BCUT2D eigenvalue weighted by Crippen LogP contribution is 2.10. The van der Waals surface area contributed by atoms with E-state index in [1.807, 2.05) is 0 Å². The molecule has 1 aliphatic heterocycles. The van der Waals surface area contributed by atoms with Crippen LogP contribution >= 0.6 is 0 Å². The van der Waals surface area contributed by atoms with E-state index >= 15 is 0 Å². The van der Waals surface area contributed by atoms with Gasteiger partial charge < -0.3 is 10.0 Å². The molecule has 1 amide bonds. The number of aliphatic hydroxyl groups excluding tert-OH is 1. The van der Waals surface area contributed by atoms with Gasteiger partial charge in [0.25, 0.3) is 11.7 Å². The molecule has 7 heteroatoms. The topological polar surface area (TPSA) is 95.0 Å². The van der Waals surface area contributed by atoms with Crippen LogP contribution in [0.1, 0.15) is 17.0 Å². The monoisotopic (exact) mass is 183 g/mol. The predicted octanol–water partition coefficient (Wildman–Crippen LogP) is -1.59. The van der Waals surface area contributed by atoms with E-state index in [4.69, 9.17) is 0 Å². The Morgan fingerprint density at radius 3 is 3.08 bits per heavy atom. The lowest BCUT2D eigenvalue weighted by Crippen LogP contribution is -2.30. The molecule has 1 saturated heterocycles. The standard InChI is InChI=1S/C6H9N5O2/c12-4-1-2-11(3-4)6(13)5-7-9-10-8-5/h4,12H,1-3H2,(H,7,8,9,10). The van der Waals surface area contributed by atoms with Gasteiger partial charge in [-0.25, -0.2) is 0 Å². The molecule has 0 bridgehead atoms. The summed E-state index contributed by atoms with van der Waals surface area (Å²) in [6.45, 7) is 0.905. The van der Waals surface area contributed by atoms with Crippen LogP contribution in [0, 0.1) is 0 Å². The molecular weight excluding hydrogens is 174 g/mol. The number of hydrogen-bond donors (Lipinski definition) is 2. The highest BCUT2D eigenvalue weighted by Gasteiger charge is 2.27. The van der Waals surface area contributed by atoms with Crippen molar-refractivity contribution in [3.8, 4) is 0 Å². The molecule has 1 aromatic rings. The van der Waals surface area contributed by atoms with Gasteiger partial charge in [-0.15, -0.1) is 10.2 Å². The molecule has 0 saturated carbocycles. The second-order valence-corrected chi connectivity index (χ2v) is 2.93. The van der Waals surface area contributed by atoms with E-state index in [-0.39, 0.29) is 11.7 Å². The van der Waals surface area contributed by atoms with Gasteiger partial charge in [0.2, 0.25) is 0 Å². The van der Waals surface area contributed by atoms with Gasteiger partial charge in [0.1, 0.15) is 0 Å². The Morgan fingerprint density at radius 2 is 2.54 bits per heavy atom. The molecule has 0 spiro atoms. The largest absolute Gasteiger partial charge is 0.391 e. The first-order valence-electron chi connectivity index (χ1n) is 3.98. The van der Waals surface area contributed by atoms with Crippen LogP contribution in [0.15, 0.2) is 0 Å². The van der Waals surface area contributed by atoms with Crippen LogP contribution in [0.5, 0.6) is 0 Å². The second kappa shape index (κ2) is 3.09. The SMILES string of the molecule is O=C(c1nn[nH]n1)N1CCC(O)C1. The van der Waals surface area contributed by atoms with Gasteiger partial charge >= 0.3 is 0 Å². The molecule has 1 atom stereocenters. The quantitative estimate of drug-likeness (QED) is 0.547. The Labute approximate surface area is 73.7 Å². The summed E-state index contributed by atoms with van der Waals surface area (Å²) in [4.78, 5) is 13.0.